The highest BCUT2D eigenvalue weighted by atomic mass is 16.5. The number of aliphatic carboxylic acids is 1. The minimum Gasteiger partial charge on any atom is -0.480 e. The topological polar surface area (TPSA) is 105 Å². The molecule has 182 valence electrons. The Balaban J connectivity index is 1.62. The van der Waals surface area contributed by atoms with Gasteiger partial charge in [0.2, 0.25) is 5.91 Å². The van der Waals surface area contributed by atoms with E-state index in [0.29, 0.717) is 6.42 Å². The molecule has 7 nitrogen and oxygen atoms in total. The molecule has 0 aromatic heterocycles. The van der Waals surface area contributed by atoms with Crippen molar-refractivity contribution in [1.82, 2.24) is 10.6 Å². The fraction of sp³-hybridized carbons (Fsp3) is 0.444. The Morgan fingerprint density at radius 1 is 1.00 bits per heavy atom. The standard InChI is InChI=1S/C27H34N2O5/c1-5-23(25(31)32)29-24(30)17(14-27(2,3)4)15-28-26(33)34-16-22-20-12-8-6-10-18(20)19-11-7-9-13-21(19)22/h6-13,17,22-23H,5,14-16H2,1-4H3,(H,28,33)(H,29,30)(H,31,32)/t17?,23-/m0/s1. The third kappa shape index (κ3) is 6.16. The van der Waals surface area contributed by atoms with E-state index < -0.39 is 24.0 Å². The summed E-state index contributed by atoms with van der Waals surface area (Å²) in [7, 11) is 0. The Hall–Kier alpha value is -3.35. The van der Waals surface area contributed by atoms with Crippen LogP contribution in [0.3, 0.4) is 0 Å². The van der Waals surface area contributed by atoms with Crippen LogP contribution in [0.5, 0.6) is 0 Å². The summed E-state index contributed by atoms with van der Waals surface area (Å²) in [6, 6.07) is 15.3. The van der Waals surface area contributed by atoms with Crippen molar-refractivity contribution in [3.05, 3.63) is 59.7 Å². The summed E-state index contributed by atoms with van der Waals surface area (Å²) in [5, 5.41) is 14.6. The monoisotopic (exact) mass is 466 g/mol. The van der Waals surface area contributed by atoms with Crippen LogP contribution in [0.1, 0.15) is 57.6 Å². The van der Waals surface area contributed by atoms with E-state index in [1.54, 1.807) is 6.92 Å². The van der Waals surface area contributed by atoms with Gasteiger partial charge in [-0.2, -0.15) is 0 Å². The fourth-order valence-electron chi connectivity index (χ4n) is 4.48. The number of nitrogens with one attached hydrogen (secondary N) is 2. The van der Waals surface area contributed by atoms with Gasteiger partial charge in [0, 0.05) is 12.5 Å². The molecule has 2 atom stereocenters. The Kier molecular flexibility index (Phi) is 7.97. The van der Waals surface area contributed by atoms with Crippen LogP contribution in [0.15, 0.2) is 48.5 Å². The van der Waals surface area contributed by atoms with Crippen LogP contribution in [0.25, 0.3) is 11.1 Å². The third-order valence-corrected chi connectivity index (χ3v) is 6.09. The zero-order valence-corrected chi connectivity index (χ0v) is 20.3. The Labute approximate surface area is 200 Å². The molecule has 1 unspecified atom stereocenters. The van der Waals surface area contributed by atoms with E-state index >= 15 is 0 Å². The molecule has 1 aliphatic carbocycles. The fourth-order valence-corrected chi connectivity index (χ4v) is 4.48. The molecule has 0 spiro atoms. The number of fused-ring (bicyclic) bond motifs is 3. The number of hydrogen-bond donors (Lipinski definition) is 3. The second-order valence-corrected chi connectivity index (χ2v) is 9.98. The molecular weight excluding hydrogens is 432 g/mol. The van der Waals surface area contributed by atoms with Gasteiger partial charge in [-0.15, -0.1) is 0 Å². The number of ether oxygens (including phenoxy) is 1. The molecule has 0 aliphatic heterocycles. The second-order valence-electron chi connectivity index (χ2n) is 9.98. The van der Waals surface area contributed by atoms with E-state index in [1.807, 2.05) is 45.0 Å². The highest BCUT2D eigenvalue weighted by Gasteiger charge is 2.30. The molecule has 0 fully saturated rings. The first-order valence-corrected chi connectivity index (χ1v) is 11.7. The van der Waals surface area contributed by atoms with Gasteiger partial charge in [0.05, 0.1) is 5.92 Å². The minimum atomic E-state index is -1.07. The molecule has 34 heavy (non-hydrogen) atoms. The van der Waals surface area contributed by atoms with E-state index in [2.05, 4.69) is 34.9 Å². The van der Waals surface area contributed by atoms with Crippen LogP contribution in [0, 0.1) is 11.3 Å². The van der Waals surface area contributed by atoms with Gasteiger partial charge in [-0.25, -0.2) is 9.59 Å². The first-order chi connectivity index (χ1) is 16.1. The third-order valence-electron chi connectivity index (χ3n) is 6.09. The summed E-state index contributed by atoms with van der Waals surface area (Å²) >= 11 is 0. The van der Waals surface area contributed by atoms with Crippen LogP contribution in [0.4, 0.5) is 4.79 Å². The van der Waals surface area contributed by atoms with E-state index in [0.717, 1.165) is 22.3 Å². The van der Waals surface area contributed by atoms with Crippen LogP contribution in [0.2, 0.25) is 0 Å². The largest absolute Gasteiger partial charge is 0.480 e. The van der Waals surface area contributed by atoms with E-state index in [1.165, 1.54) is 0 Å². The summed E-state index contributed by atoms with van der Waals surface area (Å²) in [5.74, 6) is -2.08. The molecule has 7 heteroatoms. The Morgan fingerprint density at radius 2 is 1.56 bits per heavy atom. The predicted molar refractivity (Wildman–Crippen MR) is 130 cm³/mol. The lowest BCUT2D eigenvalue weighted by Gasteiger charge is -2.26. The minimum absolute atomic E-state index is 0.0484. The Bertz CT molecular complexity index is 998. The van der Waals surface area contributed by atoms with Crippen molar-refractivity contribution in [3.8, 4) is 11.1 Å². The van der Waals surface area contributed by atoms with Crippen LogP contribution >= 0.6 is 0 Å². The molecule has 0 radical (unpaired) electrons. The molecule has 3 N–H and O–H groups in total. The van der Waals surface area contributed by atoms with Crippen molar-refractivity contribution in [2.75, 3.05) is 13.2 Å². The van der Waals surface area contributed by atoms with Gasteiger partial charge in [-0.1, -0.05) is 76.2 Å². The van der Waals surface area contributed by atoms with E-state index in [9.17, 15) is 19.5 Å². The van der Waals surface area contributed by atoms with Crippen LogP contribution in [-0.2, 0) is 14.3 Å². The lowest BCUT2D eigenvalue weighted by molar-refractivity contribution is -0.142. The van der Waals surface area contributed by atoms with Gasteiger partial charge in [0.25, 0.3) is 0 Å². The predicted octanol–water partition coefficient (Wildman–Crippen LogP) is 4.56. The molecule has 2 aromatic carbocycles. The molecule has 3 rings (SSSR count). The summed E-state index contributed by atoms with van der Waals surface area (Å²) in [5.41, 5.74) is 4.37. The average Bonchev–Trinajstić information content (AvgIpc) is 3.11. The van der Waals surface area contributed by atoms with Crippen LogP contribution in [-0.4, -0.2) is 42.3 Å². The number of amides is 2. The average molecular weight is 467 g/mol. The number of carboxylic acid groups (broad SMARTS) is 1. The summed E-state index contributed by atoms with van der Waals surface area (Å²) in [4.78, 5) is 36.6. The smallest absolute Gasteiger partial charge is 0.407 e. The van der Waals surface area contributed by atoms with Crippen molar-refractivity contribution >= 4 is 18.0 Å². The number of rotatable bonds is 9. The van der Waals surface area contributed by atoms with Gasteiger partial charge in [-0.3, -0.25) is 4.79 Å². The summed E-state index contributed by atoms with van der Waals surface area (Å²) in [6.45, 7) is 7.94. The highest BCUT2D eigenvalue weighted by molar-refractivity contribution is 5.85. The number of hydrogen-bond acceptors (Lipinski definition) is 4. The van der Waals surface area contributed by atoms with Crippen molar-refractivity contribution in [3.63, 3.8) is 0 Å². The highest BCUT2D eigenvalue weighted by Crippen LogP contribution is 2.44. The molecule has 0 saturated heterocycles. The SMILES string of the molecule is CC[C@H](NC(=O)C(CNC(=O)OCC1c2ccccc2-c2ccccc21)CC(C)(C)C)C(=O)O. The van der Waals surface area contributed by atoms with Gasteiger partial charge in [0.15, 0.2) is 0 Å². The van der Waals surface area contributed by atoms with Crippen molar-refractivity contribution in [2.24, 2.45) is 11.3 Å². The van der Waals surface area contributed by atoms with Crippen LogP contribution < -0.4 is 10.6 Å². The van der Waals surface area contributed by atoms with Crippen molar-refractivity contribution in [2.45, 2.75) is 52.5 Å². The molecule has 0 bridgehead atoms. The van der Waals surface area contributed by atoms with Gasteiger partial charge in [-0.05, 0) is 40.5 Å². The number of carboxylic acids is 1. The quantitative estimate of drug-likeness (QED) is 0.503. The number of carbonyl (C=O) groups excluding carboxylic acids is 2. The molecule has 0 saturated carbocycles. The van der Waals surface area contributed by atoms with Gasteiger partial charge >= 0.3 is 12.1 Å². The summed E-state index contributed by atoms with van der Waals surface area (Å²) < 4.78 is 5.56. The first-order valence-electron chi connectivity index (χ1n) is 11.7. The zero-order chi connectivity index (χ0) is 24.9. The second kappa shape index (κ2) is 10.7. The van der Waals surface area contributed by atoms with Crippen molar-refractivity contribution in [1.29, 1.82) is 0 Å². The zero-order valence-electron chi connectivity index (χ0n) is 20.3. The maximum atomic E-state index is 12.8. The lowest BCUT2D eigenvalue weighted by atomic mass is 9.84. The van der Waals surface area contributed by atoms with E-state index in [-0.39, 0.29) is 36.8 Å². The number of carbonyl (C=O) groups is 3. The lowest BCUT2D eigenvalue weighted by Crippen LogP contribution is -2.47. The summed E-state index contributed by atoms with van der Waals surface area (Å²) in [6.07, 6.45) is 0.167. The molecule has 2 aromatic rings. The van der Waals surface area contributed by atoms with Gasteiger partial charge in [0.1, 0.15) is 12.6 Å². The van der Waals surface area contributed by atoms with Crippen molar-refractivity contribution < 1.29 is 24.2 Å². The first kappa shape index (κ1) is 25.3. The molecule has 2 amide bonds. The number of benzene rings is 2. The number of alkyl carbamates (subject to hydrolysis) is 1. The molecule has 0 heterocycles. The Morgan fingerprint density at radius 3 is 2.06 bits per heavy atom. The van der Waals surface area contributed by atoms with Gasteiger partial charge < -0.3 is 20.5 Å². The normalized spacial score (nSPS) is 14.5. The molecular formula is C27H34N2O5. The maximum absolute atomic E-state index is 12.8. The van der Waals surface area contributed by atoms with E-state index in [4.69, 9.17) is 4.74 Å². The maximum Gasteiger partial charge on any atom is 0.407 e. The molecule has 1 aliphatic rings.